The van der Waals surface area contributed by atoms with E-state index < -0.39 is 0 Å². The fraction of sp³-hybridized carbons (Fsp3) is 0.188. The van der Waals surface area contributed by atoms with Crippen LogP contribution in [0.3, 0.4) is 0 Å². The molecule has 0 aliphatic rings. The molecule has 0 unspecified atom stereocenters. The van der Waals surface area contributed by atoms with Gasteiger partial charge in [0.2, 0.25) is 5.16 Å². The van der Waals surface area contributed by atoms with Gasteiger partial charge in [-0.1, -0.05) is 23.9 Å². The number of benzene rings is 2. The van der Waals surface area contributed by atoms with Gasteiger partial charge >= 0.3 is 0 Å². The molecule has 118 valence electrons. The molecule has 0 aliphatic heterocycles. The van der Waals surface area contributed by atoms with Gasteiger partial charge in [0, 0.05) is 5.25 Å². The molecular weight excluding hydrogens is 315 g/mol. The van der Waals surface area contributed by atoms with Gasteiger partial charge in [-0.15, -0.1) is 5.10 Å². The molecule has 0 spiro atoms. The first-order valence-corrected chi connectivity index (χ1v) is 7.90. The minimum atomic E-state index is -0.242. The fourth-order valence-electron chi connectivity index (χ4n) is 2.10. The Morgan fingerprint density at radius 2 is 1.78 bits per heavy atom. The van der Waals surface area contributed by atoms with Crippen molar-refractivity contribution in [2.75, 3.05) is 7.11 Å². The van der Waals surface area contributed by atoms with Crippen LogP contribution in [0.25, 0.3) is 5.69 Å². The summed E-state index contributed by atoms with van der Waals surface area (Å²) in [5, 5.41) is 12.6. The van der Waals surface area contributed by atoms with Gasteiger partial charge in [-0.2, -0.15) is 4.68 Å². The summed E-state index contributed by atoms with van der Waals surface area (Å²) in [7, 11) is 1.62. The minimum Gasteiger partial charge on any atom is -0.497 e. The van der Waals surface area contributed by atoms with Gasteiger partial charge in [0.1, 0.15) is 11.6 Å². The highest BCUT2D eigenvalue weighted by molar-refractivity contribution is 7.99. The predicted octanol–water partition coefficient (Wildman–Crippen LogP) is 3.66. The molecule has 0 saturated carbocycles. The molecule has 7 heteroatoms. The number of hydrogen-bond acceptors (Lipinski definition) is 5. The molecular formula is C16H15FN4OS. The maximum absolute atomic E-state index is 13.0. The summed E-state index contributed by atoms with van der Waals surface area (Å²) in [6, 6.07) is 14.0. The summed E-state index contributed by atoms with van der Waals surface area (Å²) in [6.07, 6.45) is 0. The van der Waals surface area contributed by atoms with Crippen LogP contribution in [0.5, 0.6) is 5.75 Å². The summed E-state index contributed by atoms with van der Waals surface area (Å²) in [6.45, 7) is 2.03. The fourth-order valence-corrected chi connectivity index (χ4v) is 3.03. The first-order chi connectivity index (χ1) is 11.2. The summed E-state index contributed by atoms with van der Waals surface area (Å²) >= 11 is 1.51. The van der Waals surface area contributed by atoms with Crippen molar-refractivity contribution in [3.63, 3.8) is 0 Å². The molecule has 1 atom stereocenters. The Morgan fingerprint density at radius 1 is 1.09 bits per heavy atom. The van der Waals surface area contributed by atoms with Crippen molar-refractivity contribution < 1.29 is 9.13 Å². The quantitative estimate of drug-likeness (QED) is 0.668. The Kier molecular flexibility index (Phi) is 4.57. The van der Waals surface area contributed by atoms with Crippen LogP contribution in [-0.2, 0) is 0 Å². The molecule has 0 saturated heterocycles. The molecule has 3 aromatic rings. The van der Waals surface area contributed by atoms with Crippen LogP contribution in [0.1, 0.15) is 17.7 Å². The van der Waals surface area contributed by atoms with Crippen LogP contribution < -0.4 is 4.74 Å². The SMILES string of the molecule is COc1ccc(-n2nnnc2S[C@@H](C)c2ccc(F)cc2)cc1. The minimum absolute atomic E-state index is 0.0959. The average Bonchev–Trinajstić information content (AvgIpc) is 3.03. The number of ether oxygens (including phenoxy) is 1. The lowest BCUT2D eigenvalue weighted by atomic mass is 10.2. The lowest BCUT2D eigenvalue weighted by Gasteiger charge is -2.11. The topological polar surface area (TPSA) is 52.8 Å². The van der Waals surface area contributed by atoms with Crippen molar-refractivity contribution in [2.24, 2.45) is 0 Å². The van der Waals surface area contributed by atoms with Gasteiger partial charge in [-0.25, -0.2) is 4.39 Å². The smallest absolute Gasteiger partial charge is 0.214 e. The molecule has 0 radical (unpaired) electrons. The third-order valence-corrected chi connectivity index (χ3v) is 4.47. The van der Waals surface area contributed by atoms with Gasteiger partial charge in [-0.05, 0) is 59.3 Å². The first-order valence-electron chi connectivity index (χ1n) is 7.02. The second-order valence-corrected chi connectivity index (χ2v) is 6.19. The lowest BCUT2D eigenvalue weighted by Crippen LogP contribution is -2.00. The van der Waals surface area contributed by atoms with Crippen LogP contribution >= 0.6 is 11.8 Å². The number of halogens is 1. The Morgan fingerprint density at radius 3 is 2.43 bits per heavy atom. The summed E-state index contributed by atoms with van der Waals surface area (Å²) in [4.78, 5) is 0. The highest BCUT2D eigenvalue weighted by Crippen LogP contribution is 2.34. The van der Waals surface area contributed by atoms with E-state index in [4.69, 9.17) is 4.74 Å². The molecule has 3 rings (SSSR count). The molecule has 0 bridgehead atoms. The number of rotatable bonds is 5. The number of methoxy groups -OCH3 is 1. The standard InChI is InChI=1S/C16H15FN4OS/c1-11(12-3-5-13(17)6-4-12)23-16-18-19-20-21(16)14-7-9-15(22-2)10-8-14/h3-11H,1-2H3/t11-/m0/s1. The van der Waals surface area contributed by atoms with Crippen molar-refractivity contribution in [2.45, 2.75) is 17.3 Å². The van der Waals surface area contributed by atoms with E-state index in [1.807, 2.05) is 31.2 Å². The van der Waals surface area contributed by atoms with E-state index in [1.165, 1.54) is 23.9 Å². The van der Waals surface area contributed by atoms with E-state index >= 15 is 0 Å². The Labute approximate surface area is 137 Å². The largest absolute Gasteiger partial charge is 0.497 e. The molecule has 0 N–H and O–H groups in total. The summed E-state index contributed by atoms with van der Waals surface area (Å²) in [5.74, 6) is 0.532. The maximum atomic E-state index is 13.0. The van der Waals surface area contributed by atoms with Crippen LogP contribution in [0.15, 0.2) is 53.7 Å². The van der Waals surface area contributed by atoms with E-state index in [9.17, 15) is 4.39 Å². The zero-order chi connectivity index (χ0) is 16.2. The molecule has 1 aromatic heterocycles. The molecule has 23 heavy (non-hydrogen) atoms. The Balaban J connectivity index is 1.81. The number of aromatic nitrogens is 4. The van der Waals surface area contributed by atoms with Crippen molar-refractivity contribution in [1.29, 1.82) is 0 Å². The Bertz CT molecular complexity index is 774. The van der Waals surface area contributed by atoms with E-state index in [0.717, 1.165) is 17.0 Å². The number of nitrogens with zero attached hydrogens (tertiary/aromatic N) is 4. The van der Waals surface area contributed by atoms with Crippen LogP contribution in [0.2, 0.25) is 0 Å². The normalized spacial score (nSPS) is 12.1. The summed E-state index contributed by atoms with van der Waals surface area (Å²) in [5.41, 5.74) is 1.87. The average molecular weight is 330 g/mol. The van der Waals surface area contributed by atoms with E-state index in [1.54, 1.807) is 23.9 Å². The number of thioether (sulfide) groups is 1. The van der Waals surface area contributed by atoms with Crippen molar-refractivity contribution in [3.8, 4) is 11.4 Å². The third kappa shape index (κ3) is 3.50. The summed E-state index contributed by atoms with van der Waals surface area (Å²) < 4.78 is 19.8. The number of tetrazole rings is 1. The molecule has 2 aromatic carbocycles. The zero-order valence-electron chi connectivity index (χ0n) is 12.7. The van der Waals surface area contributed by atoms with E-state index in [0.29, 0.717) is 5.16 Å². The van der Waals surface area contributed by atoms with E-state index in [-0.39, 0.29) is 11.1 Å². The molecule has 1 heterocycles. The van der Waals surface area contributed by atoms with Crippen LogP contribution in [-0.4, -0.2) is 27.3 Å². The molecule has 0 amide bonds. The van der Waals surface area contributed by atoms with E-state index in [2.05, 4.69) is 15.5 Å². The zero-order valence-corrected chi connectivity index (χ0v) is 13.5. The molecule has 0 fully saturated rings. The predicted molar refractivity (Wildman–Crippen MR) is 86.4 cm³/mol. The second-order valence-electron chi connectivity index (χ2n) is 4.88. The van der Waals surface area contributed by atoms with Gasteiger partial charge in [0.05, 0.1) is 12.8 Å². The highest BCUT2D eigenvalue weighted by Gasteiger charge is 2.15. The number of hydrogen-bond donors (Lipinski definition) is 0. The van der Waals surface area contributed by atoms with Gasteiger partial charge in [0.15, 0.2) is 0 Å². The van der Waals surface area contributed by atoms with Gasteiger partial charge in [0.25, 0.3) is 0 Å². The maximum Gasteiger partial charge on any atom is 0.214 e. The molecule has 0 aliphatic carbocycles. The van der Waals surface area contributed by atoms with Gasteiger partial charge < -0.3 is 4.74 Å². The van der Waals surface area contributed by atoms with Crippen LogP contribution in [0.4, 0.5) is 4.39 Å². The first kappa shape index (κ1) is 15.5. The Hall–Kier alpha value is -2.41. The van der Waals surface area contributed by atoms with Crippen molar-refractivity contribution >= 4 is 11.8 Å². The second kappa shape index (κ2) is 6.78. The lowest BCUT2D eigenvalue weighted by molar-refractivity contribution is 0.414. The van der Waals surface area contributed by atoms with Crippen molar-refractivity contribution in [1.82, 2.24) is 20.2 Å². The molecule has 5 nitrogen and oxygen atoms in total. The van der Waals surface area contributed by atoms with Gasteiger partial charge in [-0.3, -0.25) is 0 Å². The monoisotopic (exact) mass is 330 g/mol. The third-order valence-electron chi connectivity index (χ3n) is 3.38. The van der Waals surface area contributed by atoms with Crippen molar-refractivity contribution in [3.05, 3.63) is 59.9 Å². The highest BCUT2D eigenvalue weighted by atomic mass is 32.2. The van der Waals surface area contributed by atoms with Crippen LogP contribution in [0, 0.1) is 5.82 Å².